The van der Waals surface area contributed by atoms with Crippen LogP contribution in [0.1, 0.15) is 22.3 Å². The maximum atomic E-state index is 11.6. The molecule has 3 rings (SSSR count). The van der Waals surface area contributed by atoms with Crippen LogP contribution in [0.4, 0.5) is 0 Å². The molecule has 108 valence electrons. The van der Waals surface area contributed by atoms with Gasteiger partial charge in [0, 0.05) is 0 Å². The highest BCUT2D eigenvalue weighted by Gasteiger charge is 2.33. The van der Waals surface area contributed by atoms with Gasteiger partial charge in [-0.3, -0.25) is 0 Å². The Balaban J connectivity index is 2.20. The lowest BCUT2D eigenvalue weighted by Gasteiger charge is -2.30. The Bertz CT molecular complexity index is 703. The first kappa shape index (κ1) is 14.3. The summed E-state index contributed by atoms with van der Waals surface area (Å²) in [6.07, 6.45) is 1.80. The molecule has 22 heavy (non-hydrogen) atoms. The van der Waals surface area contributed by atoms with E-state index in [0.717, 1.165) is 22.3 Å². The number of aliphatic hydroxyl groups is 1. The molecule has 0 aliphatic carbocycles. The van der Waals surface area contributed by atoms with Crippen LogP contribution >= 0.6 is 0 Å². The van der Waals surface area contributed by atoms with E-state index in [1.807, 2.05) is 84.9 Å². The molecule has 0 heterocycles. The van der Waals surface area contributed by atoms with Crippen molar-refractivity contribution >= 4 is 6.08 Å². The summed E-state index contributed by atoms with van der Waals surface area (Å²) in [6, 6.07) is 27.4. The maximum absolute atomic E-state index is 11.6. The van der Waals surface area contributed by atoms with E-state index in [2.05, 4.69) is 6.58 Å². The van der Waals surface area contributed by atoms with Gasteiger partial charge < -0.3 is 5.11 Å². The molecule has 1 N–H and O–H groups in total. The molecule has 0 spiro atoms. The molecule has 1 nitrogen and oxygen atoms in total. The third-order valence-electron chi connectivity index (χ3n) is 3.95. The lowest BCUT2D eigenvalue weighted by Crippen LogP contribution is -2.28. The van der Waals surface area contributed by atoms with Gasteiger partial charge in [-0.1, -0.05) is 97.6 Å². The largest absolute Gasteiger partial charge is 0.376 e. The van der Waals surface area contributed by atoms with Crippen LogP contribution in [0.2, 0.25) is 0 Å². The second kappa shape index (κ2) is 6.00. The molecular formula is C21H18O. The second-order valence-electron chi connectivity index (χ2n) is 5.27. The smallest absolute Gasteiger partial charge is 0.140 e. The zero-order valence-corrected chi connectivity index (χ0v) is 12.3. The van der Waals surface area contributed by atoms with Gasteiger partial charge in [-0.15, -0.1) is 0 Å². The number of hydrogen-bond donors (Lipinski definition) is 1. The Labute approximate surface area is 131 Å². The van der Waals surface area contributed by atoms with Crippen LogP contribution in [0.3, 0.4) is 0 Å². The topological polar surface area (TPSA) is 20.2 Å². The van der Waals surface area contributed by atoms with Gasteiger partial charge in [0.2, 0.25) is 0 Å². The van der Waals surface area contributed by atoms with E-state index >= 15 is 0 Å². The van der Waals surface area contributed by atoms with Crippen molar-refractivity contribution in [3.63, 3.8) is 0 Å². The molecule has 3 aromatic rings. The first-order valence-corrected chi connectivity index (χ1v) is 7.31. The van der Waals surface area contributed by atoms with E-state index in [1.54, 1.807) is 6.08 Å². The molecule has 0 saturated heterocycles. The molecule has 0 aromatic heterocycles. The lowest BCUT2D eigenvalue weighted by molar-refractivity contribution is 0.125. The summed E-state index contributed by atoms with van der Waals surface area (Å²) in [5, 5.41) is 11.6. The summed E-state index contributed by atoms with van der Waals surface area (Å²) in [5.74, 6) is 0. The van der Waals surface area contributed by atoms with Gasteiger partial charge in [-0.25, -0.2) is 0 Å². The Morgan fingerprint density at radius 2 is 1.05 bits per heavy atom. The minimum absolute atomic E-state index is 0.843. The lowest BCUT2D eigenvalue weighted by atomic mass is 9.80. The Hall–Kier alpha value is -2.64. The van der Waals surface area contributed by atoms with E-state index in [-0.39, 0.29) is 0 Å². The van der Waals surface area contributed by atoms with Crippen LogP contribution < -0.4 is 0 Å². The average Bonchev–Trinajstić information content (AvgIpc) is 2.62. The fourth-order valence-electron chi connectivity index (χ4n) is 2.72. The predicted molar refractivity (Wildman–Crippen MR) is 91.5 cm³/mol. The van der Waals surface area contributed by atoms with Crippen molar-refractivity contribution in [1.82, 2.24) is 0 Å². The van der Waals surface area contributed by atoms with Crippen molar-refractivity contribution in [2.75, 3.05) is 0 Å². The Kier molecular flexibility index (Phi) is 3.90. The van der Waals surface area contributed by atoms with Crippen molar-refractivity contribution in [2.24, 2.45) is 0 Å². The summed E-state index contributed by atoms with van der Waals surface area (Å²) in [5.41, 5.74) is 2.42. The third-order valence-corrected chi connectivity index (χ3v) is 3.95. The van der Waals surface area contributed by atoms with Crippen molar-refractivity contribution in [3.8, 4) is 0 Å². The van der Waals surface area contributed by atoms with Gasteiger partial charge in [-0.2, -0.15) is 0 Å². The normalized spacial score (nSPS) is 11.1. The second-order valence-corrected chi connectivity index (χ2v) is 5.27. The van der Waals surface area contributed by atoms with Crippen LogP contribution in [0, 0.1) is 0 Å². The standard InChI is InChI=1S/C21H18O/c1-2-17-13-15-20(16-14-17)21(22,18-9-5-3-6-10-18)19-11-7-4-8-12-19/h2-16,22H,1H2. The molecule has 0 bridgehead atoms. The molecule has 0 saturated carbocycles. The molecule has 0 aliphatic heterocycles. The van der Waals surface area contributed by atoms with E-state index in [9.17, 15) is 5.11 Å². The number of benzene rings is 3. The monoisotopic (exact) mass is 286 g/mol. The summed E-state index contributed by atoms with van der Waals surface area (Å²) >= 11 is 0. The van der Waals surface area contributed by atoms with Crippen LogP contribution in [0.5, 0.6) is 0 Å². The number of rotatable bonds is 4. The molecule has 0 fully saturated rings. The highest BCUT2D eigenvalue weighted by atomic mass is 16.3. The minimum Gasteiger partial charge on any atom is -0.376 e. The van der Waals surface area contributed by atoms with Crippen LogP contribution in [-0.2, 0) is 5.60 Å². The van der Waals surface area contributed by atoms with Gasteiger partial charge in [0.1, 0.15) is 5.60 Å². The molecule has 0 aliphatic rings. The number of hydrogen-bond acceptors (Lipinski definition) is 1. The molecule has 3 aromatic carbocycles. The van der Waals surface area contributed by atoms with Gasteiger partial charge in [0.25, 0.3) is 0 Å². The van der Waals surface area contributed by atoms with Crippen molar-refractivity contribution in [2.45, 2.75) is 5.60 Å². The van der Waals surface area contributed by atoms with Crippen LogP contribution in [-0.4, -0.2) is 5.11 Å². The Morgan fingerprint density at radius 1 is 0.636 bits per heavy atom. The molecule has 0 atom stereocenters. The maximum Gasteiger partial charge on any atom is 0.140 e. The average molecular weight is 286 g/mol. The fraction of sp³-hybridized carbons (Fsp3) is 0.0476. The minimum atomic E-state index is -1.16. The molecule has 1 heteroatoms. The third kappa shape index (κ3) is 2.47. The van der Waals surface area contributed by atoms with Crippen molar-refractivity contribution in [3.05, 3.63) is 114 Å². The molecule has 0 amide bonds. The molecule has 0 unspecified atom stereocenters. The molecule has 0 radical (unpaired) electrons. The van der Waals surface area contributed by atoms with E-state index < -0.39 is 5.60 Å². The first-order chi connectivity index (χ1) is 10.7. The first-order valence-electron chi connectivity index (χ1n) is 7.31. The van der Waals surface area contributed by atoms with E-state index in [1.165, 1.54) is 0 Å². The summed E-state index contributed by atoms with van der Waals surface area (Å²) < 4.78 is 0. The van der Waals surface area contributed by atoms with Crippen LogP contribution in [0.25, 0.3) is 6.08 Å². The summed E-state index contributed by atoms with van der Waals surface area (Å²) in [7, 11) is 0. The summed E-state index contributed by atoms with van der Waals surface area (Å²) in [4.78, 5) is 0. The summed E-state index contributed by atoms with van der Waals surface area (Å²) in [6.45, 7) is 3.78. The van der Waals surface area contributed by atoms with Crippen LogP contribution in [0.15, 0.2) is 91.5 Å². The van der Waals surface area contributed by atoms with Gasteiger partial charge in [0.05, 0.1) is 0 Å². The zero-order valence-electron chi connectivity index (χ0n) is 12.3. The van der Waals surface area contributed by atoms with E-state index in [0.29, 0.717) is 0 Å². The van der Waals surface area contributed by atoms with E-state index in [4.69, 9.17) is 0 Å². The highest BCUT2D eigenvalue weighted by Crippen LogP contribution is 2.36. The highest BCUT2D eigenvalue weighted by molar-refractivity contribution is 5.52. The van der Waals surface area contributed by atoms with Gasteiger partial charge in [-0.05, 0) is 22.3 Å². The van der Waals surface area contributed by atoms with Crippen molar-refractivity contribution < 1.29 is 5.11 Å². The SMILES string of the molecule is C=Cc1ccc(C(O)(c2ccccc2)c2ccccc2)cc1. The quantitative estimate of drug-likeness (QED) is 0.694. The van der Waals surface area contributed by atoms with Gasteiger partial charge >= 0.3 is 0 Å². The molecular weight excluding hydrogens is 268 g/mol. The van der Waals surface area contributed by atoms with Crippen molar-refractivity contribution in [1.29, 1.82) is 0 Å². The van der Waals surface area contributed by atoms with Gasteiger partial charge in [0.15, 0.2) is 0 Å². The zero-order chi connectivity index (χ0) is 15.4. The Morgan fingerprint density at radius 3 is 1.45 bits per heavy atom. The predicted octanol–water partition coefficient (Wildman–Crippen LogP) is 4.61. The fourth-order valence-corrected chi connectivity index (χ4v) is 2.72.